The third-order valence-electron chi connectivity index (χ3n) is 2.52. The number of rotatable bonds is 5. The first-order valence-corrected chi connectivity index (χ1v) is 5.64. The van der Waals surface area contributed by atoms with E-state index in [1.165, 1.54) is 6.07 Å². The largest absolute Gasteiger partial charge is 0.383 e. The Morgan fingerprint density at radius 3 is 2.89 bits per heavy atom. The number of halogens is 1. The van der Waals surface area contributed by atoms with E-state index in [0.29, 0.717) is 24.4 Å². The van der Waals surface area contributed by atoms with Crippen LogP contribution in [0.2, 0.25) is 0 Å². The van der Waals surface area contributed by atoms with Gasteiger partial charge in [-0.25, -0.2) is 4.39 Å². The zero-order chi connectivity index (χ0) is 13.0. The molecule has 1 aromatic carbocycles. The maximum Gasteiger partial charge on any atom is 0.255 e. The maximum atomic E-state index is 13.4. The van der Waals surface area contributed by atoms with Gasteiger partial charge in [0.15, 0.2) is 5.82 Å². The van der Waals surface area contributed by atoms with Crippen LogP contribution in [-0.4, -0.2) is 21.8 Å². The summed E-state index contributed by atoms with van der Waals surface area (Å²) in [5.41, 5.74) is 5.80. The van der Waals surface area contributed by atoms with Gasteiger partial charge in [-0.05, 0) is 24.6 Å². The number of benzene rings is 1. The van der Waals surface area contributed by atoms with Crippen molar-refractivity contribution in [3.05, 3.63) is 47.4 Å². The van der Waals surface area contributed by atoms with E-state index >= 15 is 0 Å². The number of nitrogens with two attached hydrogens (primary N) is 1. The van der Waals surface area contributed by atoms with Gasteiger partial charge in [-0.1, -0.05) is 23.4 Å². The molecule has 2 aromatic rings. The third kappa shape index (κ3) is 2.91. The minimum Gasteiger partial charge on any atom is -0.383 e. The zero-order valence-corrected chi connectivity index (χ0v) is 9.71. The molecule has 0 fully saturated rings. The first kappa shape index (κ1) is 12.7. The highest BCUT2D eigenvalue weighted by molar-refractivity contribution is 5.20. The van der Waals surface area contributed by atoms with E-state index in [1.807, 2.05) is 0 Å². The minimum atomic E-state index is -0.864. The lowest BCUT2D eigenvalue weighted by molar-refractivity contribution is 0.127. The highest BCUT2D eigenvalue weighted by Crippen LogP contribution is 2.16. The molecule has 0 radical (unpaired) electrons. The Morgan fingerprint density at radius 2 is 2.17 bits per heavy atom. The topological polar surface area (TPSA) is 85.2 Å². The highest BCUT2D eigenvalue weighted by atomic mass is 19.1. The lowest BCUT2D eigenvalue weighted by atomic mass is 10.1. The van der Waals surface area contributed by atoms with Crippen molar-refractivity contribution in [3.63, 3.8) is 0 Å². The fraction of sp³-hybridized carbons (Fsp3) is 0.333. The lowest BCUT2D eigenvalue weighted by Gasteiger charge is -2.01. The Morgan fingerprint density at radius 1 is 1.39 bits per heavy atom. The Bertz CT molecular complexity index is 516. The predicted octanol–water partition coefficient (Wildman–Crippen LogP) is 1.18. The van der Waals surface area contributed by atoms with Gasteiger partial charge in [-0.2, -0.15) is 4.98 Å². The van der Waals surface area contributed by atoms with E-state index in [4.69, 9.17) is 10.3 Å². The van der Waals surface area contributed by atoms with Crippen LogP contribution in [-0.2, 0) is 6.42 Å². The first-order chi connectivity index (χ1) is 8.70. The molecule has 0 bridgehead atoms. The summed E-state index contributed by atoms with van der Waals surface area (Å²) in [6.07, 6.45) is -0.288. The summed E-state index contributed by atoms with van der Waals surface area (Å²) < 4.78 is 18.3. The molecule has 0 unspecified atom stereocenters. The number of aliphatic hydroxyl groups is 1. The van der Waals surface area contributed by atoms with Crippen molar-refractivity contribution >= 4 is 0 Å². The quantitative estimate of drug-likeness (QED) is 0.833. The number of hydrogen-bond acceptors (Lipinski definition) is 5. The molecule has 96 valence electrons. The van der Waals surface area contributed by atoms with Gasteiger partial charge < -0.3 is 15.4 Å². The molecule has 0 amide bonds. The second-order valence-electron chi connectivity index (χ2n) is 3.91. The summed E-state index contributed by atoms with van der Waals surface area (Å²) in [4.78, 5) is 4.02. The summed E-state index contributed by atoms with van der Waals surface area (Å²) in [7, 11) is 0. The van der Waals surface area contributed by atoms with Crippen LogP contribution in [0.5, 0.6) is 0 Å². The summed E-state index contributed by atoms with van der Waals surface area (Å²) in [5.74, 6) is 0.143. The van der Waals surface area contributed by atoms with Crippen molar-refractivity contribution < 1.29 is 14.0 Å². The van der Waals surface area contributed by atoms with Gasteiger partial charge in [-0.3, -0.25) is 0 Å². The van der Waals surface area contributed by atoms with Crippen LogP contribution in [0.3, 0.4) is 0 Å². The molecule has 0 aliphatic carbocycles. The second-order valence-corrected chi connectivity index (χ2v) is 3.91. The van der Waals surface area contributed by atoms with Crippen LogP contribution >= 0.6 is 0 Å². The van der Waals surface area contributed by atoms with Gasteiger partial charge in [0.1, 0.15) is 11.9 Å². The first-order valence-electron chi connectivity index (χ1n) is 5.64. The van der Waals surface area contributed by atoms with Gasteiger partial charge in [-0.15, -0.1) is 0 Å². The average Bonchev–Trinajstić information content (AvgIpc) is 2.81. The Balaban J connectivity index is 2.09. The summed E-state index contributed by atoms with van der Waals surface area (Å²) in [5, 5.41) is 13.3. The van der Waals surface area contributed by atoms with Gasteiger partial charge >= 0.3 is 0 Å². The van der Waals surface area contributed by atoms with Crippen LogP contribution in [0.25, 0.3) is 0 Å². The maximum absolute atomic E-state index is 13.4. The molecular weight excluding hydrogens is 237 g/mol. The lowest BCUT2D eigenvalue weighted by Crippen LogP contribution is -2.07. The smallest absolute Gasteiger partial charge is 0.255 e. The molecule has 0 aliphatic heterocycles. The molecule has 0 spiro atoms. The van der Waals surface area contributed by atoms with Crippen molar-refractivity contribution in [3.8, 4) is 0 Å². The molecule has 5 nitrogen and oxygen atoms in total. The number of hydrogen-bond donors (Lipinski definition) is 2. The molecule has 18 heavy (non-hydrogen) atoms. The molecule has 0 aliphatic rings. The average molecular weight is 251 g/mol. The summed E-state index contributed by atoms with van der Waals surface area (Å²) in [6, 6.07) is 6.38. The zero-order valence-electron chi connectivity index (χ0n) is 9.71. The van der Waals surface area contributed by atoms with Crippen LogP contribution in [0.4, 0.5) is 4.39 Å². The van der Waals surface area contributed by atoms with Crippen molar-refractivity contribution in [2.45, 2.75) is 18.9 Å². The van der Waals surface area contributed by atoms with Gasteiger partial charge in [0, 0.05) is 6.42 Å². The molecule has 6 heteroatoms. The standard InChI is InChI=1S/C12H14FN3O2/c13-9-4-2-1-3-8(9)7-11-15-12(18-16-11)10(17)5-6-14/h1-4,10,17H,5-7,14H2/t10-/m0/s1. The van der Waals surface area contributed by atoms with Crippen LogP contribution in [0.15, 0.2) is 28.8 Å². The van der Waals surface area contributed by atoms with Gasteiger partial charge in [0.2, 0.25) is 0 Å². The fourth-order valence-electron chi connectivity index (χ4n) is 1.57. The van der Waals surface area contributed by atoms with E-state index in [0.717, 1.165) is 0 Å². The normalized spacial score (nSPS) is 12.6. The van der Waals surface area contributed by atoms with Crippen molar-refractivity contribution in [1.82, 2.24) is 10.1 Å². The molecule has 1 atom stereocenters. The second kappa shape index (κ2) is 5.70. The fourth-order valence-corrected chi connectivity index (χ4v) is 1.57. The van der Waals surface area contributed by atoms with E-state index in [-0.39, 0.29) is 18.1 Å². The number of nitrogens with zero attached hydrogens (tertiary/aromatic N) is 2. The predicted molar refractivity (Wildman–Crippen MR) is 62.1 cm³/mol. The van der Waals surface area contributed by atoms with Crippen molar-refractivity contribution in [2.75, 3.05) is 6.54 Å². The van der Waals surface area contributed by atoms with Gasteiger partial charge in [0.05, 0.1) is 0 Å². The molecule has 0 saturated carbocycles. The summed E-state index contributed by atoms with van der Waals surface area (Å²) in [6.45, 7) is 0.326. The molecule has 1 heterocycles. The van der Waals surface area contributed by atoms with Crippen LogP contribution in [0.1, 0.15) is 29.8 Å². The van der Waals surface area contributed by atoms with Crippen molar-refractivity contribution in [1.29, 1.82) is 0 Å². The Labute approximate surface area is 103 Å². The highest BCUT2D eigenvalue weighted by Gasteiger charge is 2.16. The van der Waals surface area contributed by atoms with Crippen LogP contribution < -0.4 is 5.73 Å². The molecular formula is C12H14FN3O2. The third-order valence-corrected chi connectivity index (χ3v) is 2.52. The minimum absolute atomic E-state index is 0.117. The van der Waals surface area contributed by atoms with E-state index in [2.05, 4.69) is 10.1 Å². The summed E-state index contributed by atoms with van der Waals surface area (Å²) >= 11 is 0. The van der Waals surface area contributed by atoms with Gasteiger partial charge in [0.25, 0.3) is 5.89 Å². The molecule has 2 rings (SSSR count). The van der Waals surface area contributed by atoms with E-state index in [9.17, 15) is 9.50 Å². The van der Waals surface area contributed by atoms with Crippen LogP contribution in [0, 0.1) is 5.82 Å². The Kier molecular flexibility index (Phi) is 4.01. The number of aliphatic hydroxyl groups excluding tert-OH is 1. The van der Waals surface area contributed by atoms with E-state index in [1.54, 1.807) is 18.2 Å². The monoisotopic (exact) mass is 251 g/mol. The molecule has 3 N–H and O–H groups in total. The Hall–Kier alpha value is -1.79. The van der Waals surface area contributed by atoms with E-state index < -0.39 is 6.10 Å². The SMILES string of the molecule is NCC[C@H](O)c1nc(Cc2ccccc2F)no1. The number of aromatic nitrogens is 2. The molecule has 0 saturated heterocycles. The molecule has 1 aromatic heterocycles. The van der Waals surface area contributed by atoms with Crippen molar-refractivity contribution in [2.24, 2.45) is 5.73 Å².